The molecule has 0 radical (unpaired) electrons. The standard InChI is InChI=1S/C14H25N5O.ClH/c1-10(2)5-7-19-9-13(17-18-19)14(20)16-12-8-15-6-4-11(12)3;/h9-12,15H,4-8H2,1-3H3,(H,16,20);1H. The highest BCUT2D eigenvalue weighted by molar-refractivity contribution is 5.92. The third-order valence-corrected chi connectivity index (χ3v) is 3.85. The summed E-state index contributed by atoms with van der Waals surface area (Å²) in [5.41, 5.74) is 0.409. The van der Waals surface area contributed by atoms with Crippen LogP contribution in [0.4, 0.5) is 0 Å². The Kier molecular flexibility index (Phi) is 7.11. The van der Waals surface area contributed by atoms with Gasteiger partial charge in [0.15, 0.2) is 5.69 Å². The van der Waals surface area contributed by atoms with Crippen LogP contribution in [-0.2, 0) is 6.54 Å². The molecule has 120 valence electrons. The predicted molar refractivity (Wildman–Crippen MR) is 84.6 cm³/mol. The van der Waals surface area contributed by atoms with Crippen molar-refractivity contribution in [3.63, 3.8) is 0 Å². The maximum absolute atomic E-state index is 12.2. The van der Waals surface area contributed by atoms with E-state index in [0.717, 1.165) is 32.5 Å². The number of carbonyl (C=O) groups excluding carboxylic acids is 1. The van der Waals surface area contributed by atoms with E-state index < -0.39 is 0 Å². The van der Waals surface area contributed by atoms with Crippen LogP contribution in [0.3, 0.4) is 0 Å². The normalized spacial score (nSPS) is 21.9. The van der Waals surface area contributed by atoms with E-state index in [2.05, 4.69) is 41.7 Å². The number of amides is 1. The van der Waals surface area contributed by atoms with Gasteiger partial charge in [-0.15, -0.1) is 17.5 Å². The number of nitrogens with one attached hydrogen (secondary N) is 2. The van der Waals surface area contributed by atoms with Gasteiger partial charge >= 0.3 is 0 Å². The Balaban J connectivity index is 0.00000220. The van der Waals surface area contributed by atoms with Crippen LogP contribution in [0.5, 0.6) is 0 Å². The summed E-state index contributed by atoms with van der Waals surface area (Å²) in [6.07, 6.45) is 3.86. The van der Waals surface area contributed by atoms with Crippen molar-refractivity contribution in [2.75, 3.05) is 13.1 Å². The second-order valence-corrected chi connectivity index (χ2v) is 6.10. The van der Waals surface area contributed by atoms with Crippen LogP contribution >= 0.6 is 12.4 Å². The molecule has 7 heteroatoms. The molecule has 0 spiro atoms. The minimum Gasteiger partial charge on any atom is -0.346 e. The van der Waals surface area contributed by atoms with E-state index in [1.54, 1.807) is 10.9 Å². The Bertz CT molecular complexity index is 448. The van der Waals surface area contributed by atoms with Gasteiger partial charge in [0, 0.05) is 19.1 Å². The van der Waals surface area contributed by atoms with Gasteiger partial charge in [0.05, 0.1) is 6.20 Å². The molecular weight excluding hydrogens is 290 g/mol. The molecule has 1 aromatic heterocycles. The summed E-state index contributed by atoms with van der Waals surface area (Å²) >= 11 is 0. The average molecular weight is 316 g/mol. The van der Waals surface area contributed by atoms with E-state index in [-0.39, 0.29) is 24.4 Å². The Hall–Kier alpha value is -1.14. The van der Waals surface area contributed by atoms with Gasteiger partial charge in [-0.2, -0.15) is 0 Å². The molecule has 1 aliphatic heterocycles. The van der Waals surface area contributed by atoms with Crippen molar-refractivity contribution in [3.05, 3.63) is 11.9 Å². The molecule has 2 atom stereocenters. The third kappa shape index (κ3) is 5.28. The van der Waals surface area contributed by atoms with E-state index in [4.69, 9.17) is 0 Å². The molecule has 1 fully saturated rings. The summed E-state index contributed by atoms with van der Waals surface area (Å²) in [6, 6.07) is 0.178. The minimum atomic E-state index is -0.124. The maximum atomic E-state index is 12.2. The van der Waals surface area contributed by atoms with Crippen LogP contribution in [-0.4, -0.2) is 40.0 Å². The van der Waals surface area contributed by atoms with Gasteiger partial charge in [0.25, 0.3) is 5.91 Å². The van der Waals surface area contributed by atoms with Crippen molar-refractivity contribution in [2.24, 2.45) is 11.8 Å². The Morgan fingerprint density at radius 2 is 2.33 bits per heavy atom. The first-order chi connectivity index (χ1) is 9.56. The van der Waals surface area contributed by atoms with Crippen molar-refractivity contribution >= 4 is 18.3 Å². The van der Waals surface area contributed by atoms with E-state index in [1.807, 2.05) is 0 Å². The fourth-order valence-corrected chi connectivity index (χ4v) is 2.33. The number of halogens is 1. The van der Waals surface area contributed by atoms with Crippen LogP contribution in [0.15, 0.2) is 6.20 Å². The van der Waals surface area contributed by atoms with Gasteiger partial charge in [0.2, 0.25) is 0 Å². The lowest BCUT2D eigenvalue weighted by Gasteiger charge is -2.29. The smallest absolute Gasteiger partial charge is 0.273 e. The van der Waals surface area contributed by atoms with E-state index >= 15 is 0 Å². The van der Waals surface area contributed by atoms with Crippen molar-refractivity contribution in [1.29, 1.82) is 0 Å². The lowest BCUT2D eigenvalue weighted by molar-refractivity contribution is 0.0910. The molecule has 0 aliphatic carbocycles. The molecule has 2 unspecified atom stereocenters. The molecule has 2 N–H and O–H groups in total. The Morgan fingerprint density at radius 1 is 1.57 bits per heavy atom. The summed E-state index contributed by atoms with van der Waals surface area (Å²) in [6.45, 7) is 9.17. The van der Waals surface area contributed by atoms with Crippen LogP contribution in [0.2, 0.25) is 0 Å². The highest BCUT2D eigenvalue weighted by atomic mass is 35.5. The molecule has 0 aromatic carbocycles. The lowest BCUT2D eigenvalue weighted by atomic mass is 9.95. The first-order valence-electron chi connectivity index (χ1n) is 7.48. The highest BCUT2D eigenvalue weighted by Gasteiger charge is 2.24. The zero-order valence-electron chi connectivity index (χ0n) is 13.0. The van der Waals surface area contributed by atoms with Gasteiger partial charge in [-0.1, -0.05) is 26.0 Å². The second kappa shape index (κ2) is 8.34. The quantitative estimate of drug-likeness (QED) is 0.863. The maximum Gasteiger partial charge on any atom is 0.273 e. The zero-order valence-corrected chi connectivity index (χ0v) is 13.8. The van der Waals surface area contributed by atoms with Crippen LogP contribution in [0.1, 0.15) is 44.1 Å². The van der Waals surface area contributed by atoms with Crippen LogP contribution in [0, 0.1) is 11.8 Å². The predicted octanol–water partition coefficient (Wildman–Crippen LogP) is 1.47. The van der Waals surface area contributed by atoms with E-state index in [9.17, 15) is 4.79 Å². The number of rotatable bonds is 5. The van der Waals surface area contributed by atoms with Crippen molar-refractivity contribution in [2.45, 2.75) is 46.2 Å². The monoisotopic (exact) mass is 315 g/mol. The number of carbonyl (C=O) groups is 1. The van der Waals surface area contributed by atoms with Gasteiger partial charge in [-0.05, 0) is 31.2 Å². The number of nitrogens with zero attached hydrogens (tertiary/aromatic N) is 3. The SMILES string of the molecule is CC(C)CCn1cc(C(=O)NC2CNCCC2C)nn1.Cl. The molecular formula is C14H26ClN5O. The molecule has 1 aromatic rings. The van der Waals surface area contributed by atoms with Crippen molar-refractivity contribution in [3.8, 4) is 0 Å². The zero-order chi connectivity index (χ0) is 14.5. The molecule has 1 aliphatic rings. The molecule has 6 nitrogen and oxygen atoms in total. The summed E-state index contributed by atoms with van der Waals surface area (Å²) in [5, 5.41) is 14.3. The molecule has 1 amide bonds. The number of hydrogen-bond donors (Lipinski definition) is 2. The Labute approximate surface area is 132 Å². The van der Waals surface area contributed by atoms with Crippen LogP contribution < -0.4 is 10.6 Å². The Morgan fingerprint density at radius 3 is 3.00 bits per heavy atom. The number of aryl methyl sites for hydroxylation is 1. The van der Waals surface area contributed by atoms with Crippen LogP contribution in [0.25, 0.3) is 0 Å². The van der Waals surface area contributed by atoms with Gasteiger partial charge < -0.3 is 10.6 Å². The van der Waals surface area contributed by atoms with Gasteiger partial charge in [-0.3, -0.25) is 9.48 Å². The van der Waals surface area contributed by atoms with Crippen molar-refractivity contribution < 1.29 is 4.79 Å². The summed E-state index contributed by atoms with van der Waals surface area (Å²) in [5.74, 6) is 0.989. The number of aromatic nitrogens is 3. The molecule has 2 heterocycles. The largest absolute Gasteiger partial charge is 0.346 e. The fourth-order valence-electron chi connectivity index (χ4n) is 2.33. The van der Waals surface area contributed by atoms with E-state index in [0.29, 0.717) is 17.5 Å². The minimum absolute atomic E-state index is 0. The molecule has 21 heavy (non-hydrogen) atoms. The molecule has 2 rings (SSSR count). The summed E-state index contributed by atoms with van der Waals surface area (Å²) in [4.78, 5) is 12.2. The van der Waals surface area contributed by atoms with E-state index in [1.165, 1.54) is 0 Å². The molecule has 0 bridgehead atoms. The topological polar surface area (TPSA) is 71.8 Å². The summed E-state index contributed by atoms with van der Waals surface area (Å²) < 4.78 is 1.75. The first kappa shape index (κ1) is 17.9. The second-order valence-electron chi connectivity index (χ2n) is 6.10. The first-order valence-corrected chi connectivity index (χ1v) is 7.48. The number of hydrogen-bond acceptors (Lipinski definition) is 4. The highest BCUT2D eigenvalue weighted by Crippen LogP contribution is 2.11. The third-order valence-electron chi connectivity index (χ3n) is 3.85. The molecule has 0 saturated carbocycles. The molecule has 1 saturated heterocycles. The van der Waals surface area contributed by atoms with Gasteiger partial charge in [-0.25, -0.2) is 0 Å². The van der Waals surface area contributed by atoms with Crippen molar-refractivity contribution in [1.82, 2.24) is 25.6 Å². The average Bonchev–Trinajstić information content (AvgIpc) is 2.88. The lowest BCUT2D eigenvalue weighted by Crippen LogP contribution is -2.50. The summed E-state index contributed by atoms with van der Waals surface area (Å²) in [7, 11) is 0. The fraction of sp³-hybridized carbons (Fsp3) is 0.786. The van der Waals surface area contributed by atoms with Gasteiger partial charge in [0.1, 0.15) is 0 Å². The number of piperidine rings is 1.